The molecule has 2 saturated heterocycles. The van der Waals surface area contributed by atoms with Gasteiger partial charge in [0.15, 0.2) is 15.2 Å². The van der Waals surface area contributed by atoms with Gasteiger partial charge < -0.3 is 25.9 Å². The lowest BCUT2D eigenvalue weighted by Crippen LogP contribution is -2.74. The standard InChI is InChI=1S/C17H19N7O5S4.ClH/c1-7-8(21-15(18)33-7)9(23-29-2)11(25)20-10-12(26)24-3-17(14(27)28,4-30-13(10)24)5-31-16-22-19-6-32-16;/h6,10,13H,3-5H2,1-2H3,(H2,18,21)(H,20,25)(H,27,28);1H/t10?,13-,17?;/m1./s1. The number of amides is 2. The summed E-state index contributed by atoms with van der Waals surface area (Å²) in [5.41, 5.74) is 6.39. The van der Waals surface area contributed by atoms with E-state index in [9.17, 15) is 19.5 Å². The molecule has 12 nitrogen and oxygen atoms in total. The van der Waals surface area contributed by atoms with Crippen LogP contribution in [0.25, 0.3) is 0 Å². The molecular weight excluding hydrogens is 546 g/mol. The molecule has 4 N–H and O–H groups in total. The van der Waals surface area contributed by atoms with E-state index in [-0.39, 0.29) is 58.3 Å². The number of rotatable bonds is 8. The third-order valence-corrected chi connectivity index (χ3v) is 9.67. The molecule has 2 aliphatic heterocycles. The largest absolute Gasteiger partial charge is 0.481 e. The van der Waals surface area contributed by atoms with E-state index >= 15 is 0 Å². The Morgan fingerprint density at radius 2 is 2.26 bits per heavy atom. The zero-order valence-electron chi connectivity index (χ0n) is 17.8. The number of fused-ring (bicyclic) bond motifs is 1. The van der Waals surface area contributed by atoms with Crippen LogP contribution in [-0.4, -0.2) is 85.3 Å². The number of aliphatic carboxylic acids is 1. The molecule has 0 spiro atoms. The van der Waals surface area contributed by atoms with Crippen LogP contribution in [0.3, 0.4) is 0 Å². The zero-order chi connectivity index (χ0) is 23.8. The molecule has 17 heteroatoms. The monoisotopic (exact) mass is 565 g/mol. The fraction of sp³-hybridized carbons (Fsp3) is 0.471. The molecule has 34 heavy (non-hydrogen) atoms. The van der Waals surface area contributed by atoms with Crippen molar-refractivity contribution in [2.45, 2.75) is 22.7 Å². The molecule has 0 radical (unpaired) electrons. The molecule has 0 aliphatic carbocycles. The van der Waals surface area contributed by atoms with Crippen molar-refractivity contribution < 1.29 is 24.3 Å². The van der Waals surface area contributed by atoms with Crippen molar-refractivity contribution in [3.63, 3.8) is 0 Å². The van der Waals surface area contributed by atoms with Crippen LogP contribution in [0.4, 0.5) is 5.13 Å². The van der Waals surface area contributed by atoms with E-state index in [1.54, 1.807) is 12.4 Å². The predicted octanol–water partition coefficient (Wildman–Crippen LogP) is 0.921. The molecule has 0 saturated carbocycles. The number of carbonyl (C=O) groups excluding carboxylic acids is 2. The fourth-order valence-corrected chi connectivity index (χ4v) is 7.50. The van der Waals surface area contributed by atoms with Gasteiger partial charge in [-0.05, 0) is 6.92 Å². The minimum atomic E-state index is -1.12. The molecule has 2 aromatic heterocycles. The first-order valence-corrected chi connectivity index (χ1v) is 13.2. The number of β-lactam (4-membered cyclic amide) rings is 1. The molecule has 3 atom stereocenters. The Bertz CT molecular complexity index is 1110. The van der Waals surface area contributed by atoms with Gasteiger partial charge in [-0.25, -0.2) is 4.98 Å². The average molecular weight is 566 g/mol. The molecule has 2 amide bonds. The Kier molecular flexibility index (Phi) is 8.28. The Morgan fingerprint density at radius 1 is 1.50 bits per heavy atom. The summed E-state index contributed by atoms with van der Waals surface area (Å²) < 4.78 is 0.672. The van der Waals surface area contributed by atoms with Crippen LogP contribution in [0, 0.1) is 12.3 Å². The maximum absolute atomic E-state index is 12.9. The zero-order valence-corrected chi connectivity index (χ0v) is 21.9. The van der Waals surface area contributed by atoms with Gasteiger partial charge >= 0.3 is 5.97 Å². The summed E-state index contributed by atoms with van der Waals surface area (Å²) in [5.74, 6) is -1.40. The van der Waals surface area contributed by atoms with Gasteiger partial charge in [0.1, 0.15) is 35.1 Å². The third kappa shape index (κ3) is 4.95. The number of oxime groups is 1. The minimum Gasteiger partial charge on any atom is -0.481 e. The van der Waals surface area contributed by atoms with Crippen LogP contribution >= 0.6 is 58.6 Å². The van der Waals surface area contributed by atoms with Crippen molar-refractivity contribution in [1.29, 1.82) is 0 Å². The van der Waals surface area contributed by atoms with E-state index in [0.29, 0.717) is 9.22 Å². The number of hydrogen-bond donors (Lipinski definition) is 3. The summed E-state index contributed by atoms with van der Waals surface area (Å²) in [6, 6.07) is -0.802. The van der Waals surface area contributed by atoms with Gasteiger partial charge in [0, 0.05) is 22.9 Å². The van der Waals surface area contributed by atoms with Crippen LogP contribution in [0.2, 0.25) is 0 Å². The topological polar surface area (TPSA) is 173 Å². The Balaban J connectivity index is 0.00000324. The summed E-state index contributed by atoms with van der Waals surface area (Å²) in [6.07, 6.45) is 0. The number of anilines is 1. The second-order valence-electron chi connectivity index (χ2n) is 7.28. The maximum Gasteiger partial charge on any atom is 0.313 e. The molecule has 2 aliphatic rings. The number of hydrogen-bond acceptors (Lipinski definition) is 13. The van der Waals surface area contributed by atoms with Gasteiger partial charge in [0.25, 0.3) is 5.91 Å². The van der Waals surface area contributed by atoms with E-state index in [2.05, 4.69) is 25.7 Å². The van der Waals surface area contributed by atoms with Crippen molar-refractivity contribution in [2.24, 2.45) is 10.6 Å². The number of carbonyl (C=O) groups is 3. The number of thioether (sulfide) groups is 2. The van der Waals surface area contributed by atoms with Crippen LogP contribution in [0.1, 0.15) is 10.6 Å². The number of carboxylic acids is 1. The lowest BCUT2D eigenvalue weighted by molar-refractivity contribution is -0.157. The fourth-order valence-electron chi connectivity index (χ4n) is 3.46. The molecule has 4 rings (SSSR count). The molecule has 2 fully saturated rings. The summed E-state index contributed by atoms with van der Waals surface area (Å²) in [7, 11) is 1.30. The maximum atomic E-state index is 12.9. The highest BCUT2D eigenvalue weighted by Crippen LogP contribution is 2.44. The van der Waals surface area contributed by atoms with Gasteiger partial charge in [-0.2, -0.15) is 0 Å². The first-order valence-electron chi connectivity index (χ1n) is 9.45. The van der Waals surface area contributed by atoms with E-state index in [4.69, 9.17) is 10.6 Å². The molecular formula is C17H20ClN7O5S4. The van der Waals surface area contributed by atoms with Crippen molar-refractivity contribution in [3.8, 4) is 0 Å². The van der Waals surface area contributed by atoms with Crippen molar-refractivity contribution in [2.75, 3.05) is 30.9 Å². The number of nitrogens with zero attached hydrogens (tertiary/aromatic N) is 5. The molecule has 0 aromatic carbocycles. The molecule has 2 aromatic rings. The van der Waals surface area contributed by atoms with Crippen LogP contribution in [0.15, 0.2) is 15.0 Å². The number of nitrogens with one attached hydrogen (secondary N) is 1. The van der Waals surface area contributed by atoms with Crippen LogP contribution < -0.4 is 11.1 Å². The van der Waals surface area contributed by atoms with Gasteiger partial charge in [-0.15, -0.1) is 45.7 Å². The SMILES string of the molecule is CON=C(C(=O)NC1C(=O)N2CC(CSc3nncs3)(C(=O)O)CS[C@H]12)c1nc(N)sc1C.Cl. The Hall–Kier alpha value is -2.14. The molecule has 2 unspecified atom stereocenters. The quantitative estimate of drug-likeness (QED) is 0.180. The van der Waals surface area contributed by atoms with Crippen LogP contribution in [0.5, 0.6) is 0 Å². The second-order valence-corrected chi connectivity index (χ2v) is 11.7. The Labute approximate surface area is 216 Å². The summed E-state index contributed by atoms with van der Waals surface area (Å²) in [5, 5.41) is 24.0. The lowest BCUT2D eigenvalue weighted by atomic mass is 9.89. The highest BCUT2D eigenvalue weighted by atomic mass is 35.5. The van der Waals surface area contributed by atoms with Crippen molar-refractivity contribution >= 4 is 87.2 Å². The number of aromatic nitrogens is 3. The van der Waals surface area contributed by atoms with E-state index in [0.717, 1.165) is 0 Å². The number of nitrogen functional groups attached to an aromatic ring is 1. The summed E-state index contributed by atoms with van der Waals surface area (Å²) >= 11 is 5.18. The molecule has 184 valence electrons. The number of nitrogens with two attached hydrogens (primary N) is 1. The van der Waals surface area contributed by atoms with Gasteiger partial charge in [-0.1, -0.05) is 28.3 Å². The number of halogens is 1. The van der Waals surface area contributed by atoms with Gasteiger partial charge in [0.05, 0.1) is 0 Å². The second kappa shape index (κ2) is 10.6. The molecule has 4 heterocycles. The number of carboxylic acid groups (broad SMARTS) is 1. The van der Waals surface area contributed by atoms with E-state index in [1.807, 2.05) is 0 Å². The number of aryl methyl sites for hydroxylation is 1. The highest BCUT2D eigenvalue weighted by Gasteiger charge is 2.57. The predicted molar refractivity (Wildman–Crippen MR) is 133 cm³/mol. The van der Waals surface area contributed by atoms with Gasteiger partial charge in [-0.3, -0.25) is 14.4 Å². The van der Waals surface area contributed by atoms with E-state index in [1.165, 1.54) is 58.2 Å². The summed E-state index contributed by atoms with van der Waals surface area (Å²) in [4.78, 5) is 49.0. The minimum absolute atomic E-state index is 0. The van der Waals surface area contributed by atoms with E-state index < -0.39 is 23.3 Å². The van der Waals surface area contributed by atoms with Crippen LogP contribution in [-0.2, 0) is 19.2 Å². The first kappa shape index (κ1) is 26.5. The normalized spacial score (nSPS) is 24.0. The van der Waals surface area contributed by atoms with Gasteiger partial charge in [0.2, 0.25) is 5.91 Å². The smallest absolute Gasteiger partial charge is 0.313 e. The lowest BCUT2D eigenvalue weighted by Gasteiger charge is -2.53. The first-order chi connectivity index (χ1) is 15.8. The average Bonchev–Trinajstić information content (AvgIpc) is 3.42. The molecule has 0 bridgehead atoms. The highest BCUT2D eigenvalue weighted by molar-refractivity contribution is 8.01. The summed E-state index contributed by atoms with van der Waals surface area (Å²) in [6.45, 7) is 1.80. The van der Waals surface area contributed by atoms with Crippen molar-refractivity contribution in [1.82, 2.24) is 25.4 Å². The number of thiazole rings is 1. The third-order valence-electron chi connectivity index (χ3n) is 5.13. The Morgan fingerprint density at radius 3 is 2.85 bits per heavy atom. The van der Waals surface area contributed by atoms with Crippen molar-refractivity contribution in [3.05, 3.63) is 16.1 Å².